The minimum atomic E-state index is -3.97. The molecule has 0 radical (unpaired) electrons. The fraction of sp³-hybridized carbons (Fsp3) is 1.00. The van der Waals surface area contributed by atoms with Crippen LogP contribution in [0.1, 0.15) is 19.8 Å². The van der Waals surface area contributed by atoms with Crippen molar-refractivity contribution in [3.63, 3.8) is 0 Å². The molecule has 0 aromatic heterocycles. The molecule has 0 aliphatic carbocycles. The molecule has 10 heavy (non-hydrogen) atoms. The molecule has 0 aromatic rings. The molecule has 0 aliphatic rings. The molecule has 0 bridgehead atoms. The highest BCUT2D eigenvalue weighted by atomic mass is 32.2. The highest BCUT2D eigenvalue weighted by molar-refractivity contribution is 7.85. The molecule has 0 spiro atoms. The van der Waals surface area contributed by atoms with Crippen LogP contribution in [-0.2, 0) is 10.1 Å². The molecule has 0 fully saturated rings. The summed E-state index contributed by atoms with van der Waals surface area (Å²) in [7, 11) is -3.97. The second-order valence-electron chi connectivity index (χ2n) is 2.08. The summed E-state index contributed by atoms with van der Waals surface area (Å²) < 4.78 is 40.5. The normalized spacial score (nSPS) is 15.1. The summed E-state index contributed by atoms with van der Waals surface area (Å²) in [5.74, 6) is -0.484. The molecule has 0 rings (SSSR count). The molecule has 0 heterocycles. The molecule has 3 nitrogen and oxygen atoms in total. The molecule has 0 saturated carbocycles. The smallest absolute Gasteiger partial charge is 0.264 e. The monoisotopic (exact) mass is 170 g/mol. The Balaban J connectivity index is 3.56. The largest absolute Gasteiger partial charge is 0.286 e. The number of alkyl halides is 1. The molecule has 0 saturated heterocycles. The summed E-state index contributed by atoms with van der Waals surface area (Å²) in [5, 5.41) is 0. The summed E-state index contributed by atoms with van der Waals surface area (Å²) in [4.78, 5) is 0. The minimum Gasteiger partial charge on any atom is -0.286 e. The lowest BCUT2D eigenvalue weighted by Gasteiger charge is -2.00. The average molecular weight is 170 g/mol. The van der Waals surface area contributed by atoms with Gasteiger partial charge in [-0.25, -0.2) is 4.39 Å². The summed E-state index contributed by atoms with van der Waals surface area (Å²) >= 11 is 0. The van der Waals surface area contributed by atoms with Crippen molar-refractivity contribution >= 4 is 10.1 Å². The van der Waals surface area contributed by atoms with Gasteiger partial charge in [0.2, 0.25) is 0 Å². The lowest BCUT2D eigenvalue weighted by molar-refractivity contribution is 0.314. The van der Waals surface area contributed by atoms with Gasteiger partial charge in [0.05, 0.1) is 5.75 Å². The topological polar surface area (TPSA) is 54.4 Å². The SMILES string of the molecule is CCC(F)CCS(=O)(=O)O. The first-order valence-corrected chi connectivity index (χ1v) is 4.66. The van der Waals surface area contributed by atoms with Crippen LogP contribution < -0.4 is 0 Å². The Hall–Kier alpha value is -0.160. The van der Waals surface area contributed by atoms with Gasteiger partial charge in [-0.05, 0) is 12.8 Å². The number of hydrogen-bond acceptors (Lipinski definition) is 2. The van der Waals surface area contributed by atoms with Gasteiger partial charge in [-0.2, -0.15) is 8.42 Å². The highest BCUT2D eigenvalue weighted by Gasteiger charge is 2.09. The van der Waals surface area contributed by atoms with Gasteiger partial charge in [0.15, 0.2) is 0 Å². The summed E-state index contributed by atoms with van der Waals surface area (Å²) in [6, 6.07) is 0. The van der Waals surface area contributed by atoms with Gasteiger partial charge < -0.3 is 0 Å². The van der Waals surface area contributed by atoms with Crippen LogP contribution in [0.25, 0.3) is 0 Å². The van der Waals surface area contributed by atoms with E-state index in [0.29, 0.717) is 0 Å². The number of rotatable bonds is 4. The zero-order valence-corrected chi connectivity index (χ0v) is 6.57. The lowest BCUT2D eigenvalue weighted by Crippen LogP contribution is -2.09. The Bertz CT molecular complexity index is 175. The maximum Gasteiger partial charge on any atom is 0.264 e. The van der Waals surface area contributed by atoms with Crippen molar-refractivity contribution in [3.8, 4) is 0 Å². The average Bonchev–Trinajstić information content (AvgIpc) is 1.81. The molecule has 62 valence electrons. The quantitative estimate of drug-likeness (QED) is 0.641. The molecule has 0 aromatic carbocycles. The second-order valence-corrected chi connectivity index (χ2v) is 3.65. The predicted molar refractivity (Wildman–Crippen MR) is 36.2 cm³/mol. The zero-order valence-electron chi connectivity index (χ0n) is 5.75. The fourth-order valence-corrected chi connectivity index (χ4v) is 1.03. The Kier molecular flexibility index (Phi) is 3.81. The van der Waals surface area contributed by atoms with Gasteiger partial charge in [-0.3, -0.25) is 4.55 Å². The maximum atomic E-state index is 12.3. The van der Waals surface area contributed by atoms with Crippen LogP contribution in [0, 0.1) is 0 Å². The summed E-state index contributed by atoms with van der Waals surface area (Å²) in [5.41, 5.74) is 0. The van der Waals surface area contributed by atoms with Crippen LogP contribution in [0.5, 0.6) is 0 Å². The fourth-order valence-electron chi connectivity index (χ4n) is 0.481. The van der Waals surface area contributed by atoms with E-state index in [4.69, 9.17) is 4.55 Å². The third kappa shape index (κ3) is 5.97. The van der Waals surface area contributed by atoms with E-state index in [9.17, 15) is 12.8 Å². The second kappa shape index (κ2) is 3.88. The van der Waals surface area contributed by atoms with E-state index < -0.39 is 22.0 Å². The third-order valence-electron chi connectivity index (χ3n) is 1.13. The molecule has 1 unspecified atom stereocenters. The molecular formula is C5H11FO3S. The molecule has 0 aliphatic heterocycles. The summed E-state index contributed by atoms with van der Waals surface area (Å²) in [6.45, 7) is 1.62. The van der Waals surface area contributed by atoms with E-state index in [1.807, 2.05) is 0 Å². The van der Waals surface area contributed by atoms with E-state index in [1.165, 1.54) is 0 Å². The minimum absolute atomic E-state index is 0.116. The van der Waals surface area contributed by atoms with Crippen LogP contribution >= 0.6 is 0 Å². The maximum absolute atomic E-state index is 12.3. The number of halogens is 1. The van der Waals surface area contributed by atoms with E-state index in [0.717, 1.165) is 0 Å². The summed E-state index contributed by atoms with van der Waals surface area (Å²) in [6.07, 6.45) is -0.952. The third-order valence-corrected chi connectivity index (χ3v) is 1.88. The Morgan fingerprint density at radius 1 is 1.60 bits per heavy atom. The first-order valence-electron chi connectivity index (χ1n) is 3.05. The van der Waals surface area contributed by atoms with Crippen molar-refractivity contribution in [2.24, 2.45) is 0 Å². The first kappa shape index (κ1) is 9.84. The van der Waals surface area contributed by atoms with Crippen LogP contribution in [0.15, 0.2) is 0 Å². The Morgan fingerprint density at radius 2 is 2.10 bits per heavy atom. The first-order chi connectivity index (χ1) is 4.45. The van der Waals surface area contributed by atoms with Crippen molar-refractivity contribution in [3.05, 3.63) is 0 Å². The molecule has 0 amide bonds. The van der Waals surface area contributed by atoms with E-state index in [-0.39, 0.29) is 12.8 Å². The van der Waals surface area contributed by atoms with Gasteiger partial charge in [-0.1, -0.05) is 6.92 Å². The van der Waals surface area contributed by atoms with Crippen molar-refractivity contribution in [1.29, 1.82) is 0 Å². The van der Waals surface area contributed by atoms with Crippen molar-refractivity contribution in [2.45, 2.75) is 25.9 Å². The Labute approximate surface area is 60.0 Å². The van der Waals surface area contributed by atoms with Crippen molar-refractivity contribution in [1.82, 2.24) is 0 Å². The Morgan fingerprint density at radius 3 is 2.40 bits per heavy atom. The zero-order chi connectivity index (χ0) is 8.20. The van der Waals surface area contributed by atoms with Crippen molar-refractivity contribution in [2.75, 3.05) is 5.75 Å². The molecule has 1 N–H and O–H groups in total. The van der Waals surface area contributed by atoms with Crippen molar-refractivity contribution < 1.29 is 17.4 Å². The van der Waals surface area contributed by atoms with Gasteiger partial charge in [0.25, 0.3) is 10.1 Å². The van der Waals surface area contributed by atoms with E-state index in [2.05, 4.69) is 0 Å². The lowest BCUT2D eigenvalue weighted by atomic mass is 10.2. The van der Waals surface area contributed by atoms with Gasteiger partial charge in [0.1, 0.15) is 6.17 Å². The van der Waals surface area contributed by atoms with Crippen LogP contribution in [0.3, 0.4) is 0 Å². The van der Waals surface area contributed by atoms with Crippen LogP contribution in [0.4, 0.5) is 4.39 Å². The predicted octanol–water partition coefficient (Wildman–Crippen LogP) is 1.01. The van der Waals surface area contributed by atoms with E-state index >= 15 is 0 Å². The molecule has 5 heteroatoms. The van der Waals surface area contributed by atoms with E-state index in [1.54, 1.807) is 6.92 Å². The van der Waals surface area contributed by atoms with Gasteiger partial charge >= 0.3 is 0 Å². The number of hydrogen-bond donors (Lipinski definition) is 1. The molecular weight excluding hydrogens is 159 g/mol. The highest BCUT2D eigenvalue weighted by Crippen LogP contribution is 2.03. The van der Waals surface area contributed by atoms with Gasteiger partial charge in [0, 0.05) is 0 Å². The van der Waals surface area contributed by atoms with Crippen LogP contribution in [-0.4, -0.2) is 24.9 Å². The van der Waals surface area contributed by atoms with Gasteiger partial charge in [-0.15, -0.1) is 0 Å². The standard InChI is InChI=1S/C5H11FO3S/c1-2-5(6)3-4-10(7,8)9/h5H,2-4H2,1H3,(H,7,8,9). The molecule has 1 atom stereocenters. The van der Waals surface area contributed by atoms with Crippen LogP contribution in [0.2, 0.25) is 0 Å².